The summed E-state index contributed by atoms with van der Waals surface area (Å²) in [6.45, 7) is 8.29. The van der Waals surface area contributed by atoms with Crippen LogP contribution in [0.15, 0.2) is 12.3 Å². The highest BCUT2D eigenvalue weighted by molar-refractivity contribution is 5.92. The number of nitrogens with one attached hydrogen (secondary N) is 2. The first-order valence-corrected chi connectivity index (χ1v) is 10.6. The largest absolute Gasteiger partial charge is 0.368 e. The summed E-state index contributed by atoms with van der Waals surface area (Å²) >= 11 is 0. The zero-order chi connectivity index (χ0) is 21.3. The SMILES string of the molecule is Cc1ncc2c(c1CNC(=O)C1CCCO1)CCN(C(=O)c1cc(C(C)C)[nH]n1)C2. The average molecular weight is 412 g/mol. The van der Waals surface area contributed by atoms with Gasteiger partial charge >= 0.3 is 0 Å². The molecule has 30 heavy (non-hydrogen) atoms. The van der Waals surface area contributed by atoms with Gasteiger partial charge in [-0.25, -0.2) is 0 Å². The first-order chi connectivity index (χ1) is 14.4. The van der Waals surface area contributed by atoms with Gasteiger partial charge in [0, 0.05) is 43.8 Å². The van der Waals surface area contributed by atoms with Crippen molar-refractivity contribution in [2.24, 2.45) is 0 Å². The van der Waals surface area contributed by atoms with Crippen LogP contribution in [0.5, 0.6) is 0 Å². The van der Waals surface area contributed by atoms with E-state index in [4.69, 9.17) is 4.74 Å². The lowest BCUT2D eigenvalue weighted by Gasteiger charge is -2.30. The second kappa shape index (κ2) is 8.55. The quantitative estimate of drug-likeness (QED) is 0.786. The summed E-state index contributed by atoms with van der Waals surface area (Å²) in [6, 6.07) is 1.84. The number of carbonyl (C=O) groups is 2. The lowest BCUT2D eigenvalue weighted by molar-refractivity contribution is -0.130. The number of nitrogens with zero attached hydrogens (tertiary/aromatic N) is 3. The van der Waals surface area contributed by atoms with Crippen molar-refractivity contribution < 1.29 is 14.3 Å². The maximum atomic E-state index is 12.9. The van der Waals surface area contributed by atoms with Gasteiger partial charge in [0.05, 0.1) is 0 Å². The monoisotopic (exact) mass is 411 g/mol. The Morgan fingerprint density at radius 1 is 1.40 bits per heavy atom. The number of amides is 2. The minimum absolute atomic E-state index is 0.0587. The zero-order valence-corrected chi connectivity index (χ0v) is 17.8. The van der Waals surface area contributed by atoms with Crippen molar-refractivity contribution in [1.29, 1.82) is 0 Å². The highest BCUT2D eigenvalue weighted by atomic mass is 16.5. The Kier molecular flexibility index (Phi) is 5.85. The van der Waals surface area contributed by atoms with Gasteiger partial charge in [-0.05, 0) is 54.9 Å². The Labute approximate surface area is 176 Å². The zero-order valence-electron chi connectivity index (χ0n) is 17.8. The van der Waals surface area contributed by atoms with E-state index >= 15 is 0 Å². The molecular formula is C22H29N5O3. The molecule has 2 aromatic heterocycles. The number of aromatic nitrogens is 3. The van der Waals surface area contributed by atoms with E-state index in [1.165, 1.54) is 5.56 Å². The Morgan fingerprint density at radius 2 is 2.23 bits per heavy atom. The molecule has 1 saturated heterocycles. The molecule has 0 bridgehead atoms. The predicted octanol–water partition coefficient (Wildman–Crippen LogP) is 2.23. The summed E-state index contributed by atoms with van der Waals surface area (Å²) in [7, 11) is 0. The van der Waals surface area contributed by atoms with E-state index in [0.29, 0.717) is 37.9 Å². The third kappa shape index (κ3) is 4.09. The van der Waals surface area contributed by atoms with Gasteiger partial charge in [0.25, 0.3) is 5.91 Å². The van der Waals surface area contributed by atoms with E-state index in [2.05, 4.69) is 34.3 Å². The second-order valence-corrected chi connectivity index (χ2v) is 8.39. The number of H-pyrrole nitrogens is 1. The van der Waals surface area contributed by atoms with Crippen LogP contribution in [0, 0.1) is 6.92 Å². The highest BCUT2D eigenvalue weighted by Crippen LogP contribution is 2.25. The fourth-order valence-corrected chi connectivity index (χ4v) is 4.11. The fourth-order valence-electron chi connectivity index (χ4n) is 4.11. The summed E-state index contributed by atoms with van der Waals surface area (Å²) in [5, 5.41) is 10.2. The topological polar surface area (TPSA) is 100 Å². The van der Waals surface area contributed by atoms with E-state index < -0.39 is 0 Å². The van der Waals surface area contributed by atoms with Gasteiger partial charge in [-0.2, -0.15) is 5.10 Å². The smallest absolute Gasteiger partial charge is 0.274 e. The molecule has 0 spiro atoms. The third-order valence-electron chi connectivity index (χ3n) is 5.98. The maximum Gasteiger partial charge on any atom is 0.274 e. The van der Waals surface area contributed by atoms with Crippen LogP contribution in [0.25, 0.3) is 0 Å². The highest BCUT2D eigenvalue weighted by Gasteiger charge is 2.27. The van der Waals surface area contributed by atoms with Gasteiger partial charge < -0.3 is 15.0 Å². The molecule has 2 aromatic rings. The van der Waals surface area contributed by atoms with Gasteiger partial charge in [-0.1, -0.05) is 13.8 Å². The molecular weight excluding hydrogens is 382 g/mol. The molecule has 2 N–H and O–H groups in total. The summed E-state index contributed by atoms with van der Waals surface area (Å²) in [6.07, 6.45) is 3.95. The summed E-state index contributed by atoms with van der Waals surface area (Å²) in [5.74, 6) is 0.162. The van der Waals surface area contributed by atoms with Gasteiger partial charge in [0.1, 0.15) is 11.8 Å². The van der Waals surface area contributed by atoms with Gasteiger partial charge in [-0.3, -0.25) is 19.7 Å². The van der Waals surface area contributed by atoms with Crippen LogP contribution in [0.1, 0.15) is 71.2 Å². The molecule has 2 aliphatic heterocycles. The Bertz CT molecular complexity index is 946. The van der Waals surface area contributed by atoms with Crippen LogP contribution in [0.2, 0.25) is 0 Å². The van der Waals surface area contributed by atoms with Crippen LogP contribution < -0.4 is 5.32 Å². The molecule has 4 rings (SSSR count). The van der Waals surface area contributed by atoms with Crippen molar-refractivity contribution in [2.45, 2.75) is 65.1 Å². The molecule has 0 aromatic carbocycles. The van der Waals surface area contributed by atoms with E-state index in [0.717, 1.165) is 41.8 Å². The molecule has 2 amide bonds. The van der Waals surface area contributed by atoms with E-state index in [9.17, 15) is 9.59 Å². The molecule has 0 radical (unpaired) electrons. The molecule has 2 aliphatic rings. The van der Waals surface area contributed by atoms with Crippen molar-refractivity contribution in [3.63, 3.8) is 0 Å². The molecule has 160 valence electrons. The minimum atomic E-state index is -0.338. The Morgan fingerprint density at radius 3 is 2.93 bits per heavy atom. The Balaban J connectivity index is 1.46. The normalized spacial score (nSPS) is 18.5. The standard InChI is InChI=1S/C22H29N5O3/c1-13(2)18-9-19(26-25-18)22(29)27-7-6-16-15(12-27)10-23-14(3)17(16)11-24-21(28)20-5-4-8-30-20/h9-10,13,20H,4-8,11-12H2,1-3H3,(H,24,28)(H,25,26). The lowest BCUT2D eigenvalue weighted by atomic mass is 9.94. The average Bonchev–Trinajstić information content (AvgIpc) is 3.44. The van der Waals surface area contributed by atoms with E-state index in [1.807, 2.05) is 24.1 Å². The maximum absolute atomic E-state index is 12.9. The Hall–Kier alpha value is -2.74. The van der Waals surface area contributed by atoms with Crippen molar-refractivity contribution in [3.8, 4) is 0 Å². The van der Waals surface area contributed by atoms with E-state index in [1.54, 1.807) is 0 Å². The van der Waals surface area contributed by atoms with Gasteiger partial charge in [-0.15, -0.1) is 0 Å². The molecule has 1 unspecified atom stereocenters. The minimum Gasteiger partial charge on any atom is -0.368 e. The number of fused-ring (bicyclic) bond motifs is 1. The molecule has 0 aliphatic carbocycles. The third-order valence-corrected chi connectivity index (χ3v) is 5.98. The van der Waals surface area contributed by atoms with Crippen molar-refractivity contribution in [2.75, 3.05) is 13.2 Å². The van der Waals surface area contributed by atoms with Crippen LogP contribution in [-0.4, -0.2) is 51.2 Å². The van der Waals surface area contributed by atoms with Crippen LogP contribution in [0.4, 0.5) is 0 Å². The summed E-state index contributed by atoms with van der Waals surface area (Å²) in [5.41, 5.74) is 5.58. The number of aryl methyl sites for hydroxylation is 1. The number of carbonyl (C=O) groups excluding carboxylic acids is 2. The van der Waals surface area contributed by atoms with Crippen molar-refractivity contribution in [1.82, 2.24) is 25.4 Å². The number of ether oxygens (including phenoxy) is 1. The van der Waals surface area contributed by atoms with Gasteiger partial charge in [0.15, 0.2) is 0 Å². The fraction of sp³-hybridized carbons (Fsp3) is 0.545. The number of aromatic amines is 1. The van der Waals surface area contributed by atoms with Crippen LogP contribution in [-0.2, 0) is 29.0 Å². The second-order valence-electron chi connectivity index (χ2n) is 8.39. The van der Waals surface area contributed by atoms with Crippen LogP contribution in [0.3, 0.4) is 0 Å². The lowest BCUT2D eigenvalue weighted by Crippen LogP contribution is -2.38. The first-order valence-electron chi connectivity index (χ1n) is 10.6. The summed E-state index contributed by atoms with van der Waals surface area (Å²) < 4.78 is 5.46. The van der Waals surface area contributed by atoms with Crippen molar-refractivity contribution in [3.05, 3.63) is 46.0 Å². The van der Waals surface area contributed by atoms with Crippen LogP contribution >= 0.6 is 0 Å². The summed E-state index contributed by atoms with van der Waals surface area (Å²) in [4.78, 5) is 31.6. The molecule has 8 nitrogen and oxygen atoms in total. The number of pyridine rings is 1. The predicted molar refractivity (Wildman–Crippen MR) is 111 cm³/mol. The number of hydrogen-bond donors (Lipinski definition) is 2. The molecule has 1 atom stereocenters. The van der Waals surface area contributed by atoms with Crippen molar-refractivity contribution >= 4 is 11.8 Å². The molecule has 1 fully saturated rings. The van der Waals surface area contributed by atoms with E-state index in [-0.39, 0.29) is 17.9 Å². The molecule has 0 saturated carbocycles. The van der Waals surface area contributed by atoms with Gasteiger partial charge in [0.2, 0.25) is 5.91 Å². The molecule has 8 heteroatoms. The number of hydrogen-bond acceptors (Lipinski definition) is 5. The number of rotatable bonds is 5. The first kappa shape index (κ1) is 20.5. The molecule has 4 heterocycles.